The average molecular weight is 326 g/mol. The molecule has 126 valence electrons. The Morgan fingerprint density at radius 3 is 2.30 bits per heavy atom. The van der Waals surface area contributed by atoms with E-state index in [0.29, 0.717) is 0 Å². The van der Waals surface area contributed by atoms with Crippen LogP contribution in [0, 0.1) is 10.1 Å². The maximum Gasteiger partial charge on any atom is 0.413 e. The van der Waals surface area contributed by atoms with Crippen molar-refractivity contribution in [2.75, 3.05) is 6.61 Å². The number of nitro groups is 1. The number of hydrogen-bond acceptors (Lipinski definition) is 7. The molecule has 0 spiro atoms. The number of amides is 1. The fourth-order valence-electron chi connectivity index (χ4n) is 1.47. The molecule has 0 saturated carbocycles. The van der Waals surface area contributed by atoms with Gasteiger partial charge in [0.05, 0.1) is 11.5 Å². The predicted molar refractivity (Wildman–Crippen MR) is 79.0 cm³/mol. The van der Waals surface area contributed by atoms with Crippen LogP contribution in [0.3, 0.4) is 0 Å². The summed E-state index contributed by atoms with van der Waals surface area (Å²) in [5.41, 5.74) is -0.922. The van der Waals surface area contributed by atoms with E-state index in [-0.39, 0.29) is 11.4 Å². The summed E-state index contributed by atoms with van der Waals surface area (Å²) in [6.45, 7) is 4.28. The smallest absolute Gasteiger partial charge is 0.413 e. The minimum Gasteiger partial charge on any atom is -0.458 e. The molecular formula is C14H18N2O7. The van der Waals surface area contributed by atoms with Gasteiger partial charge in [-0.15, -0.1) is 0 Å². The molecule has 2 N–H and O–H groups in total. The van der Waals surface area contributed by atoms with Crippen LogP contribution in [-0.2, 0) is 9.53 Å². The van der Waals surface area contributed by atoms with E-state index in [1.165, 1.54) is 24.3 Å². The highest BCUT2D eigenvalue weighted by Crippen LogP contribution is 2.17. The second-order valence-corrected chi connectivity index (χ2v) is 5.55. The Hall–Kier alpha value is -2.68. The normalized spacial score (nSPS) is 12.2. The lowest BCUT2D eigenvalue weighted by molar-refractivity contribution is -0.384. The molecule has 9 nitrogen and oxygen atoms in total. The number of nitro benzene ring substituents is 1. The van der Waals surface area contributed by atoms with Crippen molar-refractivity contribution in [1.29, 1.82) is 0 Å². The molecule has 1 amide bonds. The summed E-state index contributed by atoms with van der Waals surface area (Å²) in [4.78, 5) is 33.4. The molecular weight excluding hydrogens is 308 g/mol. The molecule has 1 rings (SSSR count). The zero-order chi connectivity index (χ0) is 17.6. The van der Waals surface area contributed by atoms with E-state index in [1.54, 1.807) is 20.8 Å². The van der Waals surface area contributed by atoms with Crippen LogP contribution in [0.25, 0.3) is 0 Å². The quantitative estimate of drug-likeness (QED) is 0.475. The van der Waals surface area contributed by atoms with Crippen molar-refractivity contribution in [3.8, 4) is 5.75 Å². The lowest BCUT2D eigenvalue weighted by Gasteiger charge is -2.23. The highest BCUT2D eigenvalue weighted by Gasteiger charge is 2.26. The van der Waals surface area contributed by atoms with Gasteiger partial charge in [-0.25, -0.2) is 9.59 Å². The maximum absolute atomic E-state index is 11.8. The van der Waals surface area contributed by atoms with Crippen LogP contribution in [-0.4, -0.2) is 40.3 Å². The van der Waals surface area contributed by atoms with Gasteiger partial charge in [0, 0.05) is 12.1 Å². The van der Waals surface area contributed by atoms with Gasteiger partial charge in [-0.3, -0.25) is 10.1 Å². The highest BCUT2D eigenvalue weighted by molar-refractivity contribution is 5.82. The summed E-state index contributed by atoms with van der Waals surface area (Å²) >= 11 is 0. The number of non-ortho nitro benzene ring substituents is 1. The van der Waals surface area contributed by atoms with Crippen molar-refractivity contribution >= 4 is 17.7 Å². The maximum atomic E-state index is 11.8. The van der Waals surface area contributed by atoms with Crippen molar-refractivity contribution in [1.82, 2.24) is 5.32 Å². The van der Waals surface area contributed by atoms with Crippen LogP contribution in [0.2, 0.25) is 0 Å². The first-order valence-corrected chi connectivity index (χ1v) is 6.69. The van der Waals surface area contributed by atoms with Crippen LogP contribution in [0.5, 0.6) is 5.75 Å². The molecule has 0 aliphatic carbocycles. The number of aliphatic hydroxyl groups excluding tert-OH is 1. The summed E-state index contributed by atoms with van der Waals surface area (Å²) in [6, 6.07) is 3.53. The first-order valence-electron chi connectivity index (χ1n) is 6.69. The van der Waals surface area contributed by atoms with Gasteiger partial charge in [-0.2, -0.15) is 0 Å². The minimum absolute atomic E-state index is 0.0500. The van der Waals surface area contributed by atoms with Gasteiger partial charge in [0.2, 0.25) is 0 Å². The molecule has 0 fully saturated rings. The Balaban J connectivity index is 2.63. The van der Waals surface area contributed by atoms with E-state index >= 15 is 0 Å². The molecule has 0 saturated heterocycles. The SMILES string of the molecule is CC(C)(C)OC(=O)[C@H](CO)NC(=O)Oc1ccc([N+](=O)[O-])cc1. The minimum atomic E-state index is -1.28. The van der Waals surface area contributed by atoms with Crippen LogP contribution in [0.4, 0.5) is 10.5 Å². The predicted octanol–water partition coefficient (Wildman–Crippen LogP) is 1.39. The second-order valence-electron chi connectivity index (χ2n) is 5.55. The van der Waals surface area contributed by atoms with E-state index in [9.17, 15) is 19.7 Å². The Morgan fingerprint density at radius 2 is 1.87 bits per heavy atom. The average Bonchev–Trinajstić information content (AvgIpc) is 2.43. The molecule has 0 aliphatic heterocycles. The summed E-state index contributed by atoms with van der Waals surface area (Å²) in [5.74, 6) is -0.755. The standard InChI is InChI=1S/C14H18N2O7/c1-14(2,3)23-12(18)11(8-17)15-13(19)22-10-6-4-9(5-7-10)16(20)21/h4-7,11,17H,8H2,1-3H3,(H,15,19)/t11-/m0/s1. The van der Waals surface area contributed by atoms with Crippen molar-refractivity contribution in [2.45, 2.75) is 32.4 Å². The Kier molecular flexibility index (Phi) is 6.02. The first-order chi connectivity index (χ1) is 10.6. The van der Waals surface area contributed by atoms with Gasteiger partial charge in [0.15, 0.2) is 6.04 Å². The van der Waals surface area contributed by atoms with E-state index in [2.05, 4.69) is 5.32 Å². The third-order valence-corrected chi connectivity index (χ3v) is 2.42. The van der Waals surface area contributed by atoms with Crippen molar-refractivity contribution in [2.24, 2.45) is 0 Å². The van der Waals surface area contributed by atoms with Gasteiger partial charge in [0.25, 0.3) is 5.69 Å². The van der Waals surface area contributed by atoms with E-state index in [4.69, 9.17) is 14.6 Å². The number of hydrogen-bond donors (Lipinski definition) is 2. The van der Waals surface area contributed by atoms with Crippen LogP contribution >= 0.6 is 0 Å². The van der Waals surface area contributed by atoms with Crippen LogP contribution in [0.1, 0.15) is 20.8 Å². The van der Waals surface area contributed by atoms with Gasteiger partial charge < -0.3 is 19.9 Å². The Morgan fingerprint density at radius 1 is 1.30 bits per heavy atom. The number of carbonyl (C=O) groups is 2. The zero-order valence-electron chi connectivity index (χ0n) is 12.9. The summed E-state index contributed by atoms with van der Waals surface area (Å²) in [7, 11) is 0. The number of carbonyl (C=O) groups excluding carboxylic acids is 2. The Bertz CT molecular complexity index is 578. The fraction of sp³-hybridized carbons (Fsp3) is 0.429. The second kappa shape index (κ2) is 7.54. The number of ether oxygens (including phenoxy) is 2. The van der Waals surface area contributed by atoms with Gasteiger partial charge in [0.1, 0.15) is 11.4 Å². The van der Waals surface area contributed by atoms with Gasteiger partial charge in [-0.05, 0) is 32.9 Å². The summed E-state index contributed by atoms with van der Waals surface area (Å²) < 4.78 is 9.91. The number of nitrogens with zero attached hydrogens (tertiary/aromatic N) is 1. The van der Waals surface area contributed by atoms with E-state index in [1.807, 2.05) is 0 Å². The molecule has 0 heterocycles. The fourth-order valence-corrected chi connectivity index (χ4v) is 1.47. The molecule has 0 unspecified atom stereocenters. The number of nitrogens with one attached hydrogen (secondary N) is 1. The first kappa shape index (κ1) is 18.4. The number of benzene rings is 1. The summed E-state index contributed by atoms with van der Waals surface area (Å²) in [5, 5.41) is 21.8. The number of rotatable bonds is 5. The summed E-state index contributed by atoms with van der Waals surface area (Å²) in [6.07, 6.45) is -0.997. The van der Waals surface area contributed by atoms with E-state index < -0.39 is 35.2 Å². The van der Waals surface area contributed by atoms with E-state index in [0.717, 1.165) is 0 Å². The number of aliphatic hydroxyl groups is 1. The van der Waals surface area contributed by atoms with Crippen LogP contribution < -0.4 is 10.1 Å². The van der Waals surface area contributed by atoms with Crippen LogP contribution in [0.15, 0.2) is 24.3 Å². The highest BCUT2D eigenvalue weighted by atomic mass is 16.6. The molecule has 9 heteroatoms. The topological polar surface area (TPSA) is 128 Å². The molecule has 1 aromatic rings. The molecule has 0 bridgehead atoms. The molecule has 0 radical (unpaired) electrons. The molecule has 1 atom stereocenters. The Labute approximate surface area is 132 Å². The number of esters is 1. The zero-order valence-corrected chi connectivity index (χ0v) is 12.9. The lowest BCUT2D eigenvalue weighted by atomic mass is 10.2. The third kappa shape index (κ3) is 6.30. The molecule has 23 heavy (non-hydrogen) atoms. The molecule has 0 aliphatic rings. The monoisotopic (exact) mass is 326 g/mol. The largest absolute Gasteiger partial charge is 0.458 e. The lowest BCUT2D eigenvalue weighted by Crippen LogP contribution is -2.47. The van der Waals surface area contributed by atoms with Crippen molar-refractivity contribution in [3.05, 3.63) is 34.4 Å². The van der Waals surface area contributed by atoms with Gasteiger partial charge >= 0.3 is 12.1 Å². The molecule has 1 aromatic carbocycles. The molecule has 0 aromatic heterocycles. The van der Waals surface area contributed by atoms with Gasteiger partial charge in [-0.1, -0.05) is 0 Å². The van der Waals surface area contributed by atoms with Crippen molar-refractivity contribution < 1.29 is 29.1 Å². The third-order valence-electron chi connectivity index (χ3n) is 2.42. The van der Waals surface area contributed by atoms with Crippen molar-refractivity contribution in [3.63, 3.8) is 0 Å².